The predicted molar refractivity (Wildman–Crippen MR) is 75.0 cm³/mol. The van der Waals surface area contributed by atoms with Crippen molar-refractivity contribution in [3.05, 3.63) is 48.3 Å². The molecular weight excluding hydrogens is 303 g/mol. The van der Waals surface area contributed by atoms with Crippen LogP contribution >= 0.6 is 11.8 Å². The summed E-state index contributed by atoms with van der Waals surface area (Å²) in [5.41, 5.74) is 1.92. The number of halogens is 3. The van der Waals surface area contributed by atoms with Gasteiger partial charge in [-0.15, -0.1) is 0 Å². The first kappa shape index (κ1) is 15.2. The van der Waals surface area contributed by atoms with Gasteiger partial charge < -0.3 is 11.1 Å². The van der Waals surface area contributed by atoms with Crippen molar-refractivity contribution in [2.24, 2.45) is 0 Å². The zero-order valence-corrected chi connectivity index (χ0v) is 11.3. The van der Waals surface area contributed by atoms with Gasteiger partial charge in [-0.25, -0.2) is 4.98 Å². The first-order valence-corrected chi connectivity index (χ1v) is 6.54. The van der Waals surface area contributed by atoms with Gasteiger partial charge in [0, 0.05) is 16.8 Å². The molecule has 0 aliphatic heterocycles. The number of alkyl halides is 3. The Hall–Kier alpha value is -2.22. The molecule has 0 aliphatic carbocycles. The van der Waals surface area contributed by atoms with Gasteiger partial charge in [0.15, 0.2) is 5.69 Å². The number of pyridine rings is 1. The average Bonchev–Trinajstić information content (AvgIpc) is 2.40. The van der Waals surface area contributed by atoms with E-state index in [1.807, 2.05) is 0 Å². The van der Waals surface area contributed by atoms with Crippen molar-refractivity contribution >= 4 is 29.0 Å². The van der Waals surface area contributed by atoms with E-state index >= 15 is 0 Å². The van der Waals surface area contributed by atoms with E-state index in [-0.39, 0.29) is 28.0 Å². The first-order chi connectivity index (χ1) is 9.85. The van der Waals surface area contributed by atoms with Crippen LogP contribution in [0.5, 0.6) is 0 Å². The van der Waals surface area contributed by atoms with Crippen molar-refractivity contribution in [1.29, 1.82) is 0 Å². The van der Waals surface area contributed by atoms with Crippen LogP contribution in [0.25, 0.3) is 0 Å². The Bertz CT molecular complexity index is 644. The molecule has 2 aromatic rings. The minimum atomic E-state index is -4.34. The van der Waals surface area contributed by atoms with Crippen molar-refractivity contribution in [2.45, 2.75) is 10.4 Å². The van der Waals surface area contributed by atoms with Gasteiger partial charge in [-0.1, -0.05) is 0 Å². The van der Waals surface area contributed by atoms with Crippen LogP contribution in [0.4, 0.5) is 24.5 Å². The minimum Gasteiger partial charge on any atom is -0.397 e. The molecule has 0 unspecified atom stereocenters. The Labute approximate surface area is 122 Å². The van der Waals surface area contributed by atoms with Gasteiger partial charge in [0.05, 0.1) is 5.69 Å². The van der Waals surface area contributed by atoms with Crippen molar-refractivity contribution in [2.75, 3.05) is 11.1 Å². The Balaban J connectivity index is 2.07. The van der Waals surface area contributed by atoms with Gasteiger partial charge in [0.25, 0.3) is 5.91 Å². The lowest BCUT2D eigenvalue weighted by Crippen LogP contribution is -2.15. The molecule has 0 atom stereocenters. The summed E-state index contributed by atoms with van der Waals surface area (Å²) in [7, 11) is 0. The minimum absolute atomic E-state index is 0.0397. The van der Waals surface area contributed by atoms with E-state index in [2.05, 4.69) is 10.3 Å². The maximum Gasteiger partial charge on any atom is 0.446 e. The zero-order valence-electron chi connectivity index (χ0n) is 10.5. The molecule has 3 N–H and O–H groups in total. The second kappa shape index (κ2) is 6.04. The Morgan fingerprint density at radius 3 is 2.43 bits per heavy atom. The van der Waals surface area contributed by atoms with Gasteiger partial charge >= 0.3 is 5.51 Å². The van der Waals surface area contributed by atoms with Gasteiger partial charge in [-0.05, 0) is 48.2 Å². The smallest absolute Gasteiger partial charge is 0.397 e. The summed E-state index contributed by atoms with van der Waals surface area (Å²) >= 11 is -0.218. The molecule has 0 bridgehead atoms. The molecule has 1 aromatic carbocycles. The molecule has 1 aromatic heterocycles. The SMILES string of the molecule is Nc1cccnc1C(=O)Nc1ccc(SC(F)(F)F)cc1. The number of nitrogen functional groups attached to an aromatic ring is 1. The van der Waals surface area contributed by atoms with Crippen LogP contribution in [0.2, 0.25) is 0 Å². The number of nitrogens with one attached hydrogen (secondary N) is 1. The van der Waals surface area contributed by atoms with Crippen molar-refractivity contribution in [3.8, 4) is 0 Å². The lowest BCUT2D eigenvalue weighted by Gasteiger charge is -2.08. The van der Waals surface area contributed by atoms with E-state index in [4.69, 9.17) is 5.73 Å². The third-order valence-corrected chi connectivity index (χ3v) is 3.14. The second-order valence-corrected chi connectivity index (χ2v) is 5.11. The monoisotopic (exact) mass is 313 g/mol. The van der Waals surface area contributed by atoms with Gasteiger partial charge in [0.2, 0.25) is 0 Å². The van der Waals surface area contributed by atoms with E-state index in [0.29, 0.717) is 5.69 Å². The van der Waals surface area contributed by atoms with Crippen molar-refractivity contribution in [1.82, 2.24) is 4.98 Å². The van der Waals surface area contributed by atoms with Gasteiger partial charge in [0.1, 0.15) is 0 Å². The summed E-state index contributed by atoms with van der Waals surface area (Å²) in [6, 6.07) is 8.43. The normalized spacial score (nSPS) is 11.2. The molecule has 21 heavy (non-hydrogen) atoms. The fourth-order valence-corrected chi connectivity index (χ4v) is 2.08. The Morgan fingerprint density at radius 1 is 1.19 bits per heavy atom. The molecule has 2 rings (SSSR count). The Morgan fingerprint density at radius 2 is 1.86 bits per heavy atom. The summed E-state index contributed by atoms with van der Waals surface area (Å²) < 4.78 is 36.6. The molecule has 0 saturated carbocycles. The maximum absolute atomic E-state index is 12.2. The summed E-state index contributed by atoms with van der Waals surface area (Å²) in [4.78, 5) is 15.8. The topological polar surface area (TPSA) is 68.0 Å². The Kier molecular flexibility index (Phi) is 4.37. The summed E-state index contributed by atoms with van der Waals surface area (Å²) in [6.07, 6.45) is 1.42. The van der Waals surface area contributed by atoms with E-state index in [0.717, 1.165) is 0 Å². The van der Waals surface area contributed by atoms with Crippen LogP contribution in [-0.4, -0.2) is 16.4 Å². The molecule has 0 spiro atoms. The van der Waals surface area contributed by atoms with E-state index < -0.39 is 11.4 Å². The van der Waals surface area contributed by atoms with E-state index in [1.54, 1.807) is 6.07 Å². The number of hydrogen-bond donors (Lipinski definition) is 2. The molecule has 1 amide bonds. The van der Waals surface area contributed by atoms with Crippen LogP contribution in [0.1, 0.15) is 10.5 Å². The highest BCUT2D eigenvalue weighted by Gasteiger charge is 2.29. The molecule has 4 nitrogen and oxygen atoms in total. The number of benzene rings is 1. The number of amides is 1. The quantitative estimate of drug-likeness (QED) is 0.851. The van der Waals surface area contributed by atoms with E-state index in [9.17, 15) is 18.0 Å². The number of carbonyl (C=O) groups is 1. The number of rotatable bonds is 3. The highest BCUT2D eigenvalue weighted by molar-refractivity contribution is 8.00. The van der Waals surface area contributed by atoms with Gasteiger partial charge in [-0.2, -0.15) is 13.2 Å². The number of nitrogens with zero attached hydrogens (tertiary/aromatic N) is 1. The lowest BCUT2D eigenvalue weighted by molar-refractivity contribution is -0.0328. The molecule has 0 fully saturated rings. The molecule has 110 valence electrons. The highest BCUT2D eigenvalue weighted by Crippen LogP contribution is 2.37. The summed E-state index contributed by atoms with van der Waals surface area (Å²) in [6.45, 7) is 0. The number of nitrogens with two attached hydrogens (primary N) is 1. The fraction of sp³-hybridized carbons (Fsp3) is 0.0769. The molecule has 0 aliphatic rings. The largest absolute Gasteiger partial charge is 0.446 e. The molecule has 0 saturated heterocycles. The molecular formula is C13H10F3N3OS. The average molecular weight is 313 g/mol. The van der Waals surface area contributed by atoms with Crippen LogP contribution in [0, 0.1) is 0 Å². The standard InChI is InChI=1S/C13H10F3N3OS/c14-13(15,16)21-9-5-3-8(4-6-9)19-12(20)11-10(17)2-1-7-18-11/h1-7H,17H2,(H,19,20). The van der Waals surface area contributed by atoms with Crippen molar-refractivity contribution < 1.29 is 18.0 Å². The fourth-order valence-electron chi connectivity index (χ4n) is 1.54. The third kappa shape index (κ3) is 4.38. The zero-order chi connectivity index (χ0) is 15.5. The third-order valence-electron chi connectivity index (χ3n) is 2.40. The first-order valence-electron chi connectivity index (χ1n) is 5.73. The number of anilines is 2. The highest BCUT2D eigenvalue weighted by atomic mass is 32.2. The van der Waals surface area contributed by atoms with Crippen molar-refractivity contribution in [3.63, 3.8) is 0 Å². The van der Waals surface area contributed by atoms with Gasteiger partial charge in [-0.3, -0.25) is 4.79 Å². The van der Waals surface area contributed by atoms with Crippen LogP contribution in [0.15, 0.2) is 47.5 Å². The summed E-state index contributed by atoms with van der Waals surface area (Å²) in [5, 5.41) is 2.52. The summed E-state index contributed by atoms with van der Waals surface area (Å²) in [5.74, 6) is -0.524. The molecule has 0 radical (unpaired) electrons. The second-order valence-electron chi connectivity index (χ2n) is 3.97. The maximum atomic E-state index is 12.2. The molecule has 8 heteroatoms. The van der Waals surface area contributed by atoms with E-state index in [1.165, 1.54) is 36.5 Å². The molecule has 1 heterocycles. The van der Waals surface area contributed by atoms with Crippen LogP contribution in [0.3, 0.4) is 0 Å². The number of hydrogen-bond acceptors (Lipinski definition) is 4. The number of carbonyl (C=O) groups excluding carboxylic acids is 1. The van der Waals surface area contributed by atoms with Crippen LogP contribution < -0.4 is 11.1 Å². The number of thioether (sulfide) groups is 1. The number of aromatic nitrogens is 1. The predicted octanol–water partition coefficient (Wildman–Crippen LogP) is 3.53. The lowest BCUT2D eigenvalue weighted by atomic mass is 10.2. The van der Waals surface area contributed by atoms with Crippen LogP contribution in [-0.2, 0) is 0 Å².